The fourth-order valence-electron chi connectivity index (χ4n) is 2.65. The molecule has 0 aromatic heterocycles. The fourth-order valence-corrected chi connectivity index (χ4v) is 2.65. The van der Waals surface area contributed by atoms with Crippen LogP contribution < -0.4 is 24.4 Å². The number of hydrogen-bond donors (Lipinski definition) is 1. The van der Waals surface area contributed by atoms with Gasteiger partial charge in [-0.15, -0.1) is 6.58 Å². The lowest BCUT2D eigenvalue weighted by atomic mass is 10.2. The van der Waals surface area contributed by atoms with Crippen LogP contribution in [0.25, 0.3) is 0 Å². The molecule has 1 aliphatic heterocycles. The average Bonchev–Trinajstić information content (AvgIpc) is 2.69. The van der Waals surface area contributed by atoms with Crippen LogP contribution in [0.4, 0.5) is 11.4 Å². The van der Waals surface area contributed by atoms with E-state index in [1.165, 1.54) is 0 Å². The number of ether oxygens (including phenoxy) is 3. The normalized spacial score (nSPS) is 12.6. The van der Waals surface area contributed by atoms with E-state index < -0.39 is 0 Å². The summed E-state index contributed by atoms with van der Waals surface area (Å²) in [5.41, 5.74) is 1.14. The molecular formula is C20H20N2O5. The Balaban J connectivity index is 1.66. The Morgan fingerprint density at radius 1 is 1.30 bits per heavy atom. The molecule has 7 heteroatoms. The lowest BCUT2D eigenvalue weighted by Gasteiger charge is -2.28. The highest BCUT2D eigenvalue weighted by molar-refractivity contribution is 6.00. The first-order chi connectivity index (χ1) is 13.1. The number of carbonyl (C=O) groups excluding carboxylic acids is 2. The first kappa shape index (κ1) is 18.3. The molecule has 0 spiro atoms. The zero-order valence-corrected chi connectivity index (χ0v) is 14.9. The molecule has 2 amide bonds. The predicted molar refractivity (Wildman–Crippen MR) is 102 cm³/mol. The molecule has 0 unspecified atom stereocenters. The van der Waals surface area contributed by atoms with E-state index in [1.807, 2.05) is 0 Å². The van der Waals surface area contributed by atoms with E-state index in [4.69, 9.17) is 14.2 Å². The Morgan fingerprint density at radius 3 is 2.89 bits per heavy atom. The summed E-state index contributed by atoms with van der Waals surface area (Å²) < 4.78 is 16.0. The number of nitrogens with one attached hydrogen (secondary N) is 1. The molecule has 0 saturated carbocycles. The molecule has 140 valence electrons. The van der Waals surface area contributed by atoms with Gasteiger partial charge in [-0.2, -0.15) is 0 Å². The quantitative estimate of drug-likeness (QED) is 0.760. The number of benzene rings is 2. The highest BCUT2D eigenvalue weighted by Crippen LogP contribution is 2.34. The molecule has 0 bridgehead atoms. The van der Waals surface area contributed by atoms with E-state index in [0.717, 1.165) is 0 Å². The molecule has 2 aromatic carbocycles. The molecular weight excluding hydrogens is 348 g/mol. The number of nitrogens with zero attached hydrogens (tertiary/aromatic N) is 1. The van der Waals surface area contributed by atoms with Gasteiger partial charge in [-0.25, -0.2) is 0 Å². The summed E-state index contributed by atoms with van der Waals surface area (Å²) in [5.74, 6) is 1.28. The number of rotatable bonds is 7. The van der Waals surface area contributed by atoms with Crippen LogP contribution in [0.3, 0.4) is 0 Å². The lowest BCUT2D eigenvalue weighted by molar-refractivity contribution is -0.121. The highest BCUT2D eigenvalue weighted by atomic mass is 16.5. The van der Waals surface area contributed by atoms with E-state index >= 15 is 0 Å². The smallest absolute Gasteiger partial charge is 0.265 e. The van der Waals surface area contributed by atoms with Gasteiger partial charge in [0, 0.05) is 18.3 Å². The van der Waals surface area contributed by atoms with Gasteiger partial charge in [0.15, 0.2) is 13.2 Å². The Bertz CT molecular complexity index is 865. The fraction of sp³-hybridized carbons (Fsp3) is 0.200. The van der Waals surface area contributed by atoms with E-state index in [0.29, 0.717) is 35.2 Å². The van der Waals surface area contributed by atoms with Gasteiger partial charge in [-0.1, -0.05) is 12.1 Å². The minimum Gasteiger partial charge on any atom is -0.497 e. The molecule has 0 saturated heterocycles. The Morgan fingerprint density at radius 2 is 2.11 bits per heavy atom. The van der Waals surface area contributed by atoms with Crippen molar-refractivity contribution in [2.24, 2.45) is 0 Å². The molecule has 1 N–H and O–H groups in total. The van der Waals surface area contributed by atoms with Crippen LogP contribution in [-0.4, -0.2) is 38.7 Å². The maximum Gasteiger partial charge on any atom is 0.265 e. The number of methoxy groups -OCH3 is 1. The Hall–Kier alpha value is -3.48. The van der Waals surface area contributed by atoms with Crippen molar-refractivity contribution in [3.8, 4) is 17.2 Å². The lowest BCUT2D eigenvalue weighted by Crippen LogP contribution is -2.38. The summed E-state index contributed by atoms with van der Waals surface area (Å²) in [6.07, 6.45) is 1.64. The first-order valence-electron chi connectivity index (χ1n) is 8.35. The number of carbonyl (C=O) groups is 2. The number of hydrogen-bond acceptors (Lipinski definition) is 5. The topological polar surface area (TPSA) is 77.1 Å². The van der Waals surface area contributed by atoms with Crippen molar-refractivity contribution in [3.05, 3.63) is 55.1 Å². The Kier molecular flexibility index (Phi) is 5.61. The third kappa shape index (κ3) is 4.38. The van der Waals surface area contributed by atoms with Crippen molar-refractivity contribution < 1.29 is 23.8 Å². The monoisotopic (exact) mass is 368 g/mol. The second-order valence-electron chi connectivity index (χ2n) is 5.78. The molecule has 0 fully saturated rings. The van der Waals surface area contributed by atoms with Gasteiger partial charge < -0.3 is 24.4 Å². The molecule has 1 aliphatic rings. The van der Waals surface area contributed by atoms with Crippen LogP contribution in [0.15, 0.2) is 55.1 Å². The van der Waals surface area contributed by atoms with Crippen LogP contribution in [0.5, 0.6) is 17.2 Å². The van der Waals surface area contributed by atoms with Gasteiger partial charge in [0.1, 0.15) is 17.2 Å². The van der Waals surface area contributed by atoms with E-state index in [-0.39, 0.29) is 25.0 Å². The second kappa shape index (κ2) is 8.27. The summed E-state index contributed by atoms with van der Waals surface area (Å²) in [6.45, 7) is 3.87. The first-order valence-corrected chi connectivity index (χ1v) is 8.35. The maximum atomic E-state index is 12.2. The third-order valence-corrected chi connectivity index (χ3v) is 3.91. The van der Waals surface area contributed by atoms with Crippen molar-refractivity contribution >= 4 is 23.2 Å². The second-order valence-corrected chi connectivity index (χ2v) is 5.78. The molecule has 3 rings (SSSR count). The van der Waals surface area contributed by atoms with Crippen LogP contribution in [0.2, 0.25) is 0 Å². The number of fused-ring (bicyclic) bond motifs is 1. The van der Waals surface area contributed by atoms with Gasteiger partial charge in [0.05, 0.1) is 12.8 Å². The standard InChI is InChI=1S/C20H20N2O5/c1-3-9-22-17-10-14(7-8-18(17)27-13-20(22)24)21-19(23)12-26-16-6-4-5-15(11-16)25-2/h3-8,10-11H,1,9,12-13H2,2H3,(H,21,23). The minimum atomic E-state index is -0.323. The van der Waals surface area contributed by atoms with Crippen molar-refractivity contribution in [3.63, 3.8) is 0 Å². The maximum absolute atomic E-state index is 12.2. The molecule has 0 radical (unpaired) electrons. The molecule has 1 heterocycles. The summed E-state index contributed by atoms with van der Waals surface area (Å²) in [7, 11) is 1.56. The summed E-state index contributed by atoms with van der Waals surface area (Å²) >= 11 is 0. The van der Waals surface area contributed by atoms with Crippen LogP contribution in [0.1, 0.15) is 0 Å². The predicted octanol–water partition coefficient (Wildman–Crippen LogP) is 2.62. The van der Waals surface area contributed by atoms with Crippen LogP contribution in [-0.2, 0) is 9.59 Å². The average molecular weight is 368 g/mol. The van der Waals surface area contributed by atoms with Crippen molar-refractivity contribution in [1.82, 2.24) is 0 Å². The zero-order valence-electron chi connectivity index (χ0n) is 14.9. The largest absolute Gasteiger partial charge is 0.497 e. The van der Waals surface area contributed by atoms with Gasteiger partial charge in [0.2, 0.25) is 0 Å². The van der Waals surface area contributed by atoms with Crippen molar-refractivity contribution in [2.45, 2.75) is 0 Å². The van der Waals surface area contributed by atoms with E-state index in [9.17, 15) is 9.59 Å². The van der Waals surface area contributed by atoms with Gasteiger partial charge in [0.25, 0.3) is 11.8 Å². The number of anilines is 2. The van der Waals surface area contributed by atoms with E-state index in [1.54, 1.807) is 60.6 Å². The minimum absolute atomic E-state index is 0.0130. The van der Waals surface area contributed by atoms with Gasteiger partial charge in [-0.3, -0.25) is 9.59 Å². The van der Waals surface area contributed by atoms with Gasteiger partial charge in [-0.05, 0) is 30.3 Å². The van der Waals surface area contributed by atoms with E-state index in [2.05, 4.69) is 11.9 Å². The van der Waals surface area contributed by atoms with Crippen LogP contribution >= 0.6 is 0 Å². The summed E-state index contributed by atoms with van der Waals surface area (Å²) in [6, 6.07) is 12.1. The zero-order chi connectivity index (χ0) is 19.2. The molecule has 0 atom stereocenters. The third-order valence-electron chi connectivity index (χ3n) is 3.91. The Labute approximate surface area is 157 Å². The summed E-state index contributed by atoms with van der Waals surface area (Å²) in [5, 5.41) is 2.75. The molecule has 27 heavy (non-hydrogen) atoms. The van der Waals surface area contributed by atoms with Crippen molar-refractivity contribution in [1.29, 1.82) is 0 Å². The molecule has 2 aromatic rings. The summed E-state index contributed by atoms with van der Waals surface area (Å²) in [4.78, 5) is 25.8. The highest BCUT2D eigenvalue weighted by Gasteiger charge is 2.25. The molecule has 7 nitrogen and oxygen atoms in total. The van der Waals surface area contributed by atoms with Crippen molar-refractivity contribution in [2.75, 3.05) is 37.1 Å². The molecule has 0 aliphatic carbocycles. The number of amides is 2. The van der Waals surface area contributed by atoms with Gasteiger partial charge >= 0.3 is 0 Å². The SMILES string of the molecule is C=CCN1C(=O)COc2ccc(NC(=O)COc3cccc(OC)c3)cc21. The van der Waals surface area contributed by atoms with Crippen LogP contribution in [0, 0.1) is 0 Å².